The summed E-state index contributed by atoms with van der Waals surface area (Å²) in [6.45, 7) is 0.404. The molecule has 0 radical (unpaired) electrons. The number of ether oxygens (including phenoxy) is 1. The van der Waals surface area contributed by atoms with E-state index in [1.54, 1.807) is 0 Å². The van der Waals surface area contributed by atoms with Crippen LogP contribution in [0.25, 0.3) is 10.9 Å². The molecule has 3 rings (SSSR count). The van der Waals surface area contributed by atoms with Crippen LogP contribution in [0, 0.1) is 0 Å². The Morgan fingerprint density at radius 1 is 1.44 bits per heavy atom. The second-order valence-electron chi connectivity index (χ2n) is 4.25. The average molecular weight is 244 g/mol. The van der Waals surface area contributed by atoms with Crippen LogP contribution in [-0.4, -0.2) is 29.6 Å². The molecule has 1 aliphatic rings. The van der Waals surface area contributed by atoms with Gasteiger partial charge in [-0.05, 0) is 12.1 Å². The smallest absolute Gasteiger partial charge is 0.330 e. The van der Waals surface area contributed by atoms with Gasteiger partial charge in [-0.15, -0.1) is 0 Å². The predicted octanol–water partition coefficient (Wildman–Crippen LogP) is 0.926. The molecule has 2 aromatic rings. The number of esters is 1. The molecule has 0 bridgehead atoms. The van der Waals surface area contributed by atoms with E-state index in [1.165, 1.54) is 7.11 Å². The van der Waals surface area contributed by atoms with E-state index in [4.69, 9.17) is 0 Å². The molecule has 1 N–H and O–H groups in total. The average Bonchev–Trinajstić information content (AvgIpc) is 2.77. The van der Waals surface area contributed by atoms with E-state index in [0.29, 0.717) is 12.2 Å². The van der Waals surface area contributed by atoms with Crippen molar-refractivity contribution in [3.63, 3.8) is 0 Å². The lowest BCUT2D eigenvalue weighted by Gasteiger charge is -2.24. The SMILES string of the molecule is COC(=O)[C@@H]1Cn2c(cc3ccccc32)C(=O)N1. The van der Waals surface area contributed by atoms with Crippen LogP contribution in [0.5, 0.6) is 0 Å². The molecule has 92 valence electrons. The number of nitrogens with one attached hydrogen (secondary N) is 1. The van der Waals surface area contributed by atoms with Gasteiger partial charge in [0.15, 0.2) is 0 Å². The van der Waals surface area contributed by atoms with Crippen LogP contribution in [0.15, 0.2) is 30.3 Å². The Hall–Kier alpha value is -2.30. The Balaban J connectivity index is 2.12. The lowest BCUT2D eigenvalue weighted by atomic mass is 10.2. The number of hydrogen-bond donors (Lipinski definition) is 1. The molecule has 0 saturated carbocycles. The highest BCUT2D eigenvalue weighted by molar-refractivity contribution is 6.01. The van der Waals surface area contributed by atoms with E-state index < -0.39 is 12.0 Å². The first-order valence-electron chi connectivity index (χ1n) is 5.67. The van der Waals surface area contributed by atoms with E-state index in [9.17, 15) is 9.59 Å². The monoisotopic (exact) mass is 244 g/mol. The molecule has 0 unspecified atom stereocenters. The summed E-state index contributed by atoms with van der Waals surface area (Å²) in [4.78, 5) is 23.5. The highest BCUT2D eigenvalue weighted by atomic mass is 16.5. The summed E-state index contributed by atoms with van der Waals surface area (Å²) in [7, 11) is 1.32. The molecule has 1 atom stereocenters. The number of benzene rings is 1. The first kappa shape index (κ1) is 10.8. The van der Waals surface area contributed by atoms with Crippen molar-refractivity contribution in [2.75, 3.05) is 7.11 Å². The molecular formula is C13H12N2O3. The molecule has 5 heteroatoms. The second kappa shape index (κ2) is 3.87. The van der Waals surface area contributed by atoms with Gasteiger partial charge in [-0.25, -0.2) is 4.79 Å². The van der Waals surface area contributed by atoms with E-state index in [-0.39, 0.29) is 5.91 Å². The van der Waals surface area contributed by atoms with E-state index >= 15 is 0 Å². The zero-order valence-electron chi connectivity index (χ0n) is 9.84. The molecular weight excluding hydrogens is 232 g/mol. The second-order valence-corrected chi connectivity index (χ2v) is 4.25. The fourth-order valence-corrected chi connectivity index (χ4v) is 2.33. The Morgan fingerprint density at radius 2 is 2.22 bits per heavy atom. The van der Waals surface area contributed by atoms with Crippen molar-refractivity contribution < 1.29 is 14.3 Å². The van der Waals surface area contributed by atoms with Crippen molar-refractivity contribution in [2.45, 2.75) is 12.6 Å². The normalized spacial score (nSPS) is 18.3. The number of hydrogen-bond acceptors (Lipinski definition) is 3. The van der Waals surface area contributed by atoms with E-state index in [0.717, 1.165) is 10.9 Å². The summed E-state index contributed by atoms with van der Waals surface area (Å²) >= 11 is 0. The molecule has 1 aromatic carbocycles. The van der Waals surface area contributed by atoms with Gasteiger partial charge in [-0.1, -0.05) is 18.2 Å². The van der Waals surface area contributed by atoms with Gasteiger partial charge in [0.2, 0.25) is 0 Å². The number of para-hydroxylation sites is 1. The maximum atomic E-state index is 11.9. The number of nitrogens with zero attached hydrogens (tertiary/aromatic N) is 1. The molecule has 2 heterocycles. The molecule has 5 nitrogen and oxygen atoms in total. The van der Waals surface area contributed by atoms with Crippen LogP contribution < -0.4 is 5.32 Å². The van der Waals surface area contributed by atoms with Crippen LogP contribution in [0.1, 0.15) is 10.5 Å². The number of amides is 1. The minimum absolute atomic E-state index is 0.243. The first-order chi connectivity index (χ1) is 8.70. The minimum atomic E-state index is -0.620. The third kappa shape index (κ3) is 1.48. The molecule has 1 amide bonds. The minimum Gasteiger partial charge on any atom is -0.467 e. The predicted molar refractivity (Wildman–Crippen MR) is 65.2 cm³/mol. The maximum Gasteiger partial charge on any atom is 0.330 e. The molecule has 1 aliphatic heterocycles. The number of aromatic nitrogens is 1. The van der Waals surface area contributed by atoms with Gasteiger partial charge in [0, 0.05) is 10.9 Å². The van der Waals surface area contributed by atoms with Gasteiger partial charge in [0.05, 0.1) is 13.7 Å². The Kier molecular flexibility index (Phi) is 2.33. The number of carbonyl (C=O) groups is 2. The van der Waals surface area contributed by atoms with Crippen molar-refractivity contribution >= 4 is 22.8 Å². The highest BCUT2D eigenvalue weighted by Gasteiger charge is 2.30. The molecule has 0 fully saturated rings. The van der Waals surface area contributed by atoms with Gasteiger partial charge in [-0.3, -0.25) is 4.79 Å². The van der Waals surface area contributed by atoms with Gasteiger partial charge in [-0.2, -0.15) is 0 Å². The van der Waals surface area contributed by atoms with Crippen LogP contribution in [0.2, 0.25) is 0 Å². The largest absolute Gasteiger partial charge is 0.467 e. The summed E-state index contributed by atoms with van der Waals surface area (Å²) < 4.78 is 6.53. The molecule has 18 heavy (non-hydrogen) atoms. The topological polar surface area (TPSA) is 60.3 Å². The van der Waals surface area contributed by atoms with Crippen molar-refractivity contribution in [3.8, 4) is 0 Å². The molecule has 0 aliphatic carbocycles. The van der Waals surface area contributed by atoms with Crippen molar-refractivity contribution in [2.24, 2.45) is 0 Å². The van der Waals surface area contributed by atoms with Crippen molar-refractivity contribution in [1.29, 1.82) is 0 Å². The zero-order valence-corrected chi connectivity index (χ0v) is 9.84. The highest BCUT2D eigenvalue weighted by Crippen LogP contribution is 2.22. The molecule has 1 aromatic heterocycles. The van der Waals surface area contributed by atoms with Crippen LogP contribution >= 0.6 is 0 Å². The fraction of sp³-hybridized carbons (Fsp3) is 0.231. The van der Waals surface area contributed by atoms with Gasteiger partial charge in [0.1, 0.15) is 11.7 Å². The first-order valence-corrected chi connectivity index (χ1v) is 5.67. The van der Waals surface area contributed by atoms with E-state index in [2.05, 4.69) is 10.1 Å². The van der Waals surface area contributed by atoms with Gasteiger partial charge >= 0.3 is 5.97 Å². The summed E-state index contributed by atoms with van der Waals surface area (Å²) in [5, 5.41) is 3.64. The Morgan fingerprint density at radius 3 is 3.00 bits per heavy atom. The Labute approximate surface area is 103 Å². The summed E-state index contributed by atoms with van der Waals surface area (Å²) in [5.74, 6) is -0.667. The summed E-state index contributed by atoms with van der Waals surface area (Å²) in [6.07, 6.45) is 0. The van der Waals surface area contributed by atoms with Crippen LogP contribution in [0.4, 0.5) is 0 Å². The fourth-order valence-electron chi connectivity index (χ4n) is 2.33. The summed E-state index contributed by atoms with van der Waals surface area (Å²) in [6, 6.07) is 8.93. The lowest BCUT2D eigenvalue weighted by molar-refractivity contribution is -0.143. The maximum absolute atomic E-state index is 11.9. The molecule has 0 saturated heterocycles. The molecule has 0 spiro atoms. The number of fused-ring (bicyclic) bond motifs is 3. The van der Waals surface area contributed by atoms with Crippen LogP contribution in [0.3, 0.4) is 0 Å². The van der Waals surface area contributed by atoms with Crippen LogP contribution in [-0.2, 0) is 16.1 Å². The van der Waals surface area contributed by atoms with Crippen molar-refractivity contribution in [1.82, 2.24) is 9.88 Å². The quantitative estimate of drug-likeness (QED) is 0.759. The van der Waals surface area contributed by atoms with Gasteiger partial charge in [0.25, 0.3) is 5.91 Å². The lowest BCUT2D eigenvalue weighted by Crippen LogP contribution is -2.49. The third-order valence-electron chi connectivity index (χ3n) is 3.20. The standard InChI is InChI=1S/C13H12N2O3/c1-18-13(17)9-7-15-10-5-3-2-4-8(10)6-11(15)12(16)14-9/h2-6,9H,7H2,1H3,(H,14,16)/t9-/m0/s1. The third-order valence-corrected chi connectivity index (χ3v) is 3.20. The van der Waals surface area contributed by atoms with Gasteiger partial charge < -0.3 is 14.6 Å². The number of rotatable bonds is 1. The number of carbonyl (C=O) groups excluding carboxylic acids is 2. The van der Waals surface area contributed by atoms with E-state index in [1.807, 2.05) is 34.9 Å². The number of methoxy groups -OCH3 is 1. The Bertz CT molecular complexity index is 645. The van der Waals surface area contributed by atoms with Crippen molar-refractivity contribution in [3.05, 3.63) is 36.0 Å². The summed E-state index contributed by atoms with van der Waals surface area (Å²) in [5.41, 5.74) is 1.53. The zero-order chi connectivity index (χ0) is 12.7.